The third kappa shape index (κ3) is 3.96. The van der Waals surface area contributed by atoms with Gasteiger partial charge in [0.15, 0.2) is 11.6 Å². The molecule has 6 rings (SSSR count). The molecule has 0 saturated heterocycles. The van der Waals surface area contributed by atoms with Crippen LogP contribution in [0.15, 0.2) is 71.1 Å². The van der Waals surface area contributed by atoms with E-state index in [1.54, 1.807) is 0 Å². The lowest BCUT2D eigenvalue weighted by Crippen LogP contribution is -2.12. The molecule has 4 aliphatic rings. The average Bonchev–Trinajstić information content (AvgIpc) is 3.34. The highest BCUT2D eigenvalue weighted by atomic mass is 16.1. The number of fused-ring (bicyclic) bond motifs is 2. The van der Waals surface area contributed by atoms with Gasteiger partial charge in [-0.1, -0.05) is 52.0 Å². The SMILES string of the molecule is C/C(Nc1ccc(Cc2ccc(N/C(C)=C3\C(=O)C[C@@H]4[C@H]3C4(C)C)cc2)cc1)=C1/C(=O)C[C@@H]2[C@H]1C2(C)C. The number of ketones is 2. The fourth-order valence-corrected chi connectivity index (χ4v) is 7.46. The van der Waals surface area contributed by atoms with E-state index in [0.717, 1.165) is 40.3 Å². The molecule has 0 amide bonds. The van der Waals surface area contributed by atoms with Crippen LogP contribution in [-0.2, 0) is 16.0 Å². The summed E-state index contributed by atoms with van der Waals surface area (Å²) in [5.41, 5.74) is 9.09. The van der Waals surface area contributed by atoms with Crippen LogP contribution in [0.1, 0.15) is 65.5 Å². The van der Waals surface area contributed by atoms with E-state index < -0.39 is 0 Å². The molecule has 4 aliphatic carbocycles. The first-order valence-electron chi connectivity index (χ1n) is 13.7. The Bertz CT molecular complexity index is 1250. The molecule has 4 atom stereocenters. The van der Waals surface area contributed by atoms with Gasteiger partial charge in [-0.25, -0.2) is 0 Å². The number of rotatable bonds is 6. The number of carbonyl (C=O) groups is 2. The lowest BCUT2D eigenvalue weighted by atomic mass is 9.95. The molecule has 0 spiro atoms. The third-order valence-electron chi connectivity index (χ3n) is 9.92. The quantitative estimate of drug-likeness (QED) is 0.419. The van der Waals surface area contributed by atoms with Crippen LogP contribution >= 0.6 is 0 Å². The van der Waals surface area contributed by atoms with E-state index >= 15 is 0 Å². The third-order valence-corrected chi connectivity index (χ3v) is 9.92. The van der Waals surface area contributed by atoms with Gasteiger partial charge in [0.05, 0.1) is 0 Å². The molecule has 2 aromatic carbocycles. The first-order valence-corrected chi connectivity index (χ1v) is 13.7. The summed E-state index contributed by atoms with van der Waals surface area (Å²) >= 11 is 0. The first kappa shape index (κ1) is 24.2. The van der Waals surface area contributed by atoms with Crippen molar-refractivity contribution in [1.29, 1.82) is 0 Å². The summed E-state index contributed by atoms with van der Waals surface area (Å²) in [7, 11) is 0. The topological polar surface area (TPSA) is 58.2 Å². The molecule has 0 heterocycles. The second kappa shape index (κ2) is 8.18. The predicted octanol–water partition coefficient (Wildman–Crippen LogP) is 7.14. The van der Waals surface area contributed by atoms with Crippen molar-refractivity contribution in [3.8, 4) is 0 Å². The maximum atomic E-state index is 12.5. The van der Waals surface area contributed by atoms with E-state index in [2.05, 4.69) is 86.9 Å². The highest BCUT2D eigenvalue weighted by Crippen LogP contribution is 2.69. The van der Waals surface area contributed by atoms with Gasteiger partial charge in [-0.05, 0) is 90.2 Å². The second-order valence-corrected chi connectivity index (χ2v) is 13.0. The number of allylic oxidation sites excluding steroid dienone is 4. The summed E-state index contributed by atoms with van der Waals surface area (Å²) in [6, 6.07) is 17.0. The van der Waals surface area contributed by atoms with Gasteiger partial charge in [0.2, 0.25) is 0 Å². The van der Waals surface area contributed by atoms with Crippen LogP contribution in [-0.4, -0.2) is 11.6 Å². The molecule has 2 N–H and O–H groups in total. The molecule has 192 valence electrons. The van der Waals surface area contributed by atoms with Crippen LogP contribution in [0, 0.1) is 34.5 Å². The Kier molecular flexibility index (Phi) is 5.35. The predicted molar refractivity (Wildman–Crippen MR) is 149 cm³/mol. The molecule has 4 heteroatoms. The average molecular weight is 495 g/mol. The summed E-state index contributed by atoms with van der Waals surface area (Å²) < 4.78 is 0. The standard InChI is InChI=1S/C33H38N2O2/c1-18(28-26(36)16-24-30(28)32(24,3)4)34-22-11-7-20(8-12-22)15-21-9-13-23(14-10-21)35-19(2)29-27(37)17-25-31(29)33(25,5)6/h7-14,24-25,30-31,34-35H,15-17H2,1-6H3/b28-18+,29-19+/t24-,25-,30-,31-/m1/s1. The van der Waals surface area contributed by atoms with Crippen molar-refractivity contribution in [2.45, 2.75) is 60.8 Å². The maximum Gasteiger partial charge on any atom is 0.161 e. The number of hydrogen-bond donors (Lipinski definition) is 2. The number of benzene rings is 2. The van der Waals surface area contributed by atoms with Crippen LogP contribution in [0.3, 0.4) is 0 Å². The van der Waals surface area contributed by atoms with Gasteiger partial charge < -0.3 is 10.6 Å². The number of carbonyl (C=O) groups excluding carboxylic acids is 2. The summed E-state index contributed by atoms with van der Waals surface area (Å²) in [5.74, 6) is 2.52. The van der Waals surface area contributed by atoms with Crippen LogP contribution in [0.25, 0.3) is 0 Å². The Morgan fingerprint density at radius 1 is 0.676 bits per heavy atom. The number of nitrogens with one attached hydrogen (secondary N) is 2. The lowest BCUT2D eigenvalue weighted by molar-refractivity contribution is -0.116. The largest absolute Gasteiger partial charge is 0.359 e. The van der Waals surface area contributed by atoms with Crippen LogP contribution in [0.4, 0.5) is 11.4 Å². The molecular weight excluding hydrogens is 456 g/mol. The molecular formula is C33H38N2O2. The van der Waals surface area contributed by atoms with E-state index in [1.807, 2.05) is 13.8 Å². The molecule has 0 unspecified atom stereocenters. The lowest BCUT2D eigenvalue weighted by Gasteiger charge is -2.15. The number of hydrogen-bond acceptors (Lipinski definition) is 4. The molecule has 2 aromatic rings. The Morgan fingerprint density at radius 3 is 1.35 bits per heavy atom. The molecule has 0 aromatic heterocycles. The first-order chi connectivity index (χ1) is 17.5. The second-order valence-electron chi connectivity index (χ2n) is 13.0. The minimum absolute atomic E-state index is 0.266. The van der Waals surface area contributed by atoms with Gasteiger partial charge in [0.25, 0.3) is 0 Å². The maximum absolute atomic E-state index is 12.5. The van der Waals surface area contributed by atoms with Crippen molar-refractivity contribution in [3.63, 3.8) is 0 Å². The van der Waals surface area contributed by atoms with E-state index in [-0.39, 0.29) is 10.8 Å². The molecule has 4 nitrogen and oxygen atoms in total. The minimum atomic E-state index is 0.266. The molecule has 4 saturated carbocycles. The van der Waals surface area contributed by atoms with Crippen LogP contribution in [0.2, 0.25) is 0 Å². The number of Topliss-reactive ketones (excluding diaryl/α,β-unsaturated/α-hetero) is 2. The zero-order valence-electron chi connectivity index (χ0n) is 22.9. The van der Waals surface area contributed by atoms with Crippen molar-refractivity contribution in [2.24, 2.45) is 34.5 Å². The van der Waals surface area contributed by atoms with Gasteiger partial charge in [0.1, 0.15) is 0 Å². The summed E-state index contributed by atoms with van der Waals surface area (Å²) in [5, 5.41) is 6.97. The molecule has 4 fully saturated rings. The number of anilines is 2. The van der Waals surface area contributed by atoms with Crippen molar-refractivity contribution < 1.29 is 9.59 Å². The van der Waals surface area contributed by atoms with Gasteiger partial charge in [-0.15, -0.1) is 0 Å². The zero-order valence-corrected chi connectivity index (χ0v) is 22.9. The van der Waals surface area contributed by atoms with E-state index in [9.17, 15) is 9.59 Å². The Morgan fingerprint density at radius 2 is 1.03 bits per heavy atom. The Balaban J connectivity index is 1.08. The summed E-state index contributed by atoms with van der Waals surface area (Å²) in [6.07, 6.45) is 2.26. The van der Waals surface area contributed by atoms with Crippen molar-refractivity contribution in [1.82, 2.24) is 0 Å². The van der Waals surface area contributed by atoms with E-state index in [1.165, 1.54) is 11.1 Å². The van der Waals surface area contributed by atoms with Crippen molar-refractivity contribution >= 4 is 22.9 Å². The molecule has 0 aliphatic heterocycles. The summed E-state index contributed by atoms with van der Waals surface area (Å²) in [6.45, 7) is 13.2. The molecule has 0 bridgehead atoms. The van der Waals surface area contributed by atoms with E-state index in [4.69, 9.17) is 0 Å². The van der Waals surface area contributed by atoms with Crippen molar-refractivity contribution in [2.75, 3.05) is 10.6 Å². The van der Waals surface area contributed by atoms with Crippen molar-refractivity contribution in [3.05, 3.63) is 82.2 Å². The van der Waals surface area contributed by atoms with Gasteiger partial charge >= 0.3 is 0 Å². The normalized spacial score (nSPS) is 31.0. The van der Waals surface area contributed by atoms with Gasteiger partial charge in [-0.2, -0.15) is 0 Å². The van der Waals surface area contributed by atoms with Crippen LogP contribution in [0.5, 0.6) is 0 Å². The highest BCUT2D eigenvalue weighted by molar-refractivity contribution is 6.02. The monoisotopic (exact) mass is 494 g/mol. The Labute approximate surface area is 220 Å². The minimum Gasteiger partial charge on any atom is -0.359 e. The molecule has 0 radical (unpaired) electrons. The Hall–Kier alpha value is -3.14. The van der Waals surface area contributed by atoms with Gasteiger partial charge in [0, 0.05) is 46.8 Å². The van der Waals surface area contributed by atoms with Crippen LogP contribution < -0.4 is 10.6 Å². The van der Waals surface area contributed by atoms with E-state index in [0.29, 0.717) is 48.1 Å². The fourth-order valence-electron chi connectivity index (χ4n) is 7.46. The molecule has 37 heavy (non-hydrogen) atoms. The highest BCUT2D eigenvalue weighted by Gasteiger charge is 2.66. The zero-order chi connectivity index (χ0) is 26.3. The fraction of sp³-hybridized carbons (Fsp3) is 0.455. The van der Waals surface area contributed by atoms with Gasteiger partial charge in [-0.3, -0.25) is 9.59 Å². The summed E-state index contributed by atoms with van der Waals surface area (Å²) in [4.78, 5) is 25.0. The smallest absolute Gasteiger partial charge is 0.161 e.